The van der Waals surface area contributed by atoms with E-state index in [2.05, 4.69) is 15.6 Å². The van der Waals surface area contributed by atoms with Crippen molar-refractivity contribution in [1.82, 2.24) is 10.3 Å². The number of para-hydroxylation sites is 2. The van der Waals surface area contributed by atoms with Crippen molar-refractivity contribution < 1.29 is 14.3 Å². The average molecular weight is 337 g/mol. The molecule has 25 heavy (non-hydrogen) atoms. The number of methoxy groups -OCH3 is 1. The molecule has 3 aromatic rings. The van der Waals surface area contributed by atoms with Gasteiger partial charge in [0.15, 0.2) is 0 Å². The number of ether oxygens (including phenoxy) is 2. The van der Waals surface area contributed by atoms with Crippen molar-refractivity contribution in [3.63, 3.8) is 0 Å². The van der Waals surface area contributed by atoms with Crippen LogP contribution in [0.15, 0.2) is 60.8 Å². The molecule has 0 saturated heterocycles. The first-order valence-electron chi connectivity index (χ1n) is 7.92. The number of carbonyl (C=O) groups is 1. The number of nitrogens with one attached hydrogen (secondary N) is 2. The Labute approximate surface area is 145 Å². The highest BCUT2D eigenvalue weighted by Gasteiger charge is 2.06. The van der Waals surface area contributed by atoms with Gasteiger partial charge in [0, 0.05) is 11.6 Å². The quantitative estimate of drug-likeness (QED) is 0.676. The first kappa shape index (κ1) is 16.6. The number of fused-ring (bicyclic) bond motifs is 1. The molecule has 2 amide bonds. The lowest BCUT2D eigenvalue weighted by Gasteiger charge is -2.11. The van der Waals surface area contributed by atoms with Gasteiger partial charge < -0.3 is 20.1 Å². The SMILES string of the molecule is COc1ccccc1NC(=O)NCCOc1ccc2ncccc2c1. The molecule has 6 nitrogen and oxygen atoms in total. The zero-order chi connectivity index (χ0) is 17.5. The molecule has 128 valence electrons. The zero-order valence-electron chi connectivity index (χ0n) is 13.9. The lowest BCUT2D eigenvalue weighted by molar-refractivity contribution is 0.247. The smallest absolute Gasteiger partial charge is 0.319 e. The number of anilines is 1. The molecule has 0 atom stereocenters. The second-order valence-electron chi connectivity index (χ2n) is 5.29. The standard InChI is InChI=1S/C19H19N3O3/c1-24-18-7-3-2-6-17(18)22-19(23)21-11-12-25-15-8-9-16-14(13-15)5-4-10-20-16/h2-10,13H,11-12H2,1H3,(H2,21,22,23). The summed E-state index contributed by atoms with van der Waals surface area (Å²) in [6.07, 6.45) is 1.76. The van der Waals surface area contributed by atoms with Crippen LogP contribution in [0.3, 0.4) is 0 Å². The van der Waals surface area contributed by atoms with Crippen molar-refractivity contribution in [3.05, 3.63) is 60.8 Å². The second kappa shape index (κ2) is 8.01. The van der Waals surface area contributed by atoms with Crippen LogP contribution in [-0.2, 0) is 0 Å². The van der Waals surface area contributed by atoms with Gasteiger partial charge in [0.1, 0.15) is 18.1 Å². The summed E-state index contributed by atoms with van der Waals surface area (Å²) < 4.78 is 10.9. The molecule has 0 aliphatic carbocycles. The van der Waals surface area contributed by atoms with Crippen molar-refractivity contribution in [2.75, 3.05) is 25.6 Å². The number of rotatable bonds is 6. The molecular weight excluding hydrogens is 318 g/mol. The number of nitrogens with zero attached hydrogens (tertiary/aromatic N) is 1. The molecular formula is C19H19N3O3. The molecule has 0 fully saturated rings. The molecule has 0 aliphatic rings. The summed E-state index contributed by atoms with van der Waals surface area (Å²) in [7, 11) is 1.56. The van der Waals surface area contributed by atoms with Crippen LogP contribution in [0.5, 0.6) is 11.5 Å². The van der Waals surface area contributed by atoms with Gasteiger partial charge >= 0.3 is 6.03 Å². The van der Waals surface area contributed by atoms with E-state index in [1.165, 1.54) is 0 Å². The Morgan fingerprint density at radius 1 is 1.12 bits per heavy atom. The van der Waals surface area contributed by atoms with Gasteiger partial charge in [-0.25, -0.2) is 4.79 Å². The number of urea groups is 1. The van der Waals surface area contributed by atoms with Crippen LogP contribution in [0.1, 0.15) is 0 Å². The van der Waals surface area contributed by atoms with E-state index < -0.39 is 0 Å². The minimum absolute atomic E-state index is 0.309. The maximum Gasteiger partial charge on any atom is 0.319 e. The average Bonchev–Trinajstić information content (AvgIpc) is 2.65. The van der Waals surface area contributed by atoms with Crippen molar-refractivity contribution in [1.29, 1.82) is 0 Å². The van der Waals surface area contributed by atoms with Crippen LogP contribution < -0.4 is 20.1 Å². The van der Waals surface area contributed by atoms with E-state index in [1.54, 1.807) is 25.4 Å². The van der Waals surface area contributed by atoms with E-state index in [9.17, 15) is 4.79 Å². The van der Waals surface area contributed by atoms with Gasteiger partial charge in [-0.2, -0.15) is 0 Å². The highest BCUT2D eigenvalue weighted by Crippen LogP contribution is 2.22. The number of amides is 2. The fourth-order valence-electron chi connectivity index (χ4n) is 2.39. The Kier molecular flexibility index (Phi) is 5.31. The molecule has 0 spiro atoms. The minimum atomic E-state index is -0.309. The molecule has 6 heteroatoms. The molecule has 0 aliphatic heterocycles. The summed E-state index contributed by atoms with van der Waals surface area (Å²) >= 11 is 0. The van der Waals surface area contributed by atoms with Crippen molar-refractivity contribution in [3.8, 4) is 11.5 Å². The lowest BCUT2D eigenvalue weighted by Crippen LogP contribution is -2.32. The van der Waals surface area contributed by atoms with Crippen LogP contribution in [-0.4, -0.2) is 31.3 Å². The zero-order valence-corrected chi connectivity index (χ0v) is 13.9. The Hall–Kier alpha value is -3.28. The first-order chi connectivity index (χ1) is 12.3. The van der Waals surface area contributed by atoms with Gasteiger partial charge in [-0.1, -0.05) is 18.2 Å². The Morgan fingerprint density at radius 3 is 2.88 bits per heavy atom. The van der Waals surface area contributed by atoms with E-state index in [0.717, 1.165) is 16.7 Å². The molecule has 0 bridgehead atoms. The number of pyridine rings is 1. The van der Waals surface area contributed by atoms with Gasteiger partial charge in [-0.3, -0.25) is 4.98 Å². The molecule has 2 N–H and O–H groups in total. The largest absolute Gasteiger partial charge is 0.495 e. The van der Waals surface area contributed by atoms with Gasteiger partial charge in [-0.15, -0.1) is 0 Å². The van der Waals surface area contributed by atoms with Crippen LogP contribution in [0, 0.1) is 0 Å². The predicted octanol–water partition coefficient (Wildman–Crippen LogP) is 3.44. The topological polar surface area (TPSA) is 72.5 Å². The maximum atomic E-state index is 11.9. The molecule has 1 heterocycles. The van der Waals surface area contributed by atoms with E-state index in [4.69, 9.17) is 9.47 Å². The van der Waals surface area contributed by atoms with Gasteiger partial charge in [0.2, 0.25) is 0 Å². The summed E-state index contributed by atoms with van der Waals surface area (Å²) in [5.74, 6) is 1.35. The molecule has 0 radical (unpaired) electrons. The summed E-state index contributed by atoms with van der Waals surface area (Å²) in [5.41, 5.74) is 1.54. The van der Waals surface area contributed by atoms with Crippen LogP contribution >= 0.6 is 0 Å². The highest BCUT2D eigenvalue weighted by atomic mass is 16.5. The van der Waals surface area contributed by atoms with Crippen molar-refractivity contribution in [2.24, 2.45) is 0 Å². The fourth-order valence-corrected chi connectivity index (χ4v) is 2.39. The third-order valence-electron chi connectivity index (χ3n) is 3.59. The third-order valence-corrected chi connectivity index (χ3v) is 3.59. The van der Waals surface area contributed by atoms with Gasteiger partial charge in [0.25, 0.3) is 0 Å². The van der Waals surface area contributed by atoms with Crippen molar-refractivity contribution >= 4 is 22.6 Å². The number of aromatic nitrogens is 1. The molecule has 2 aromatic carbocycles. The molecule has 0 unspecified atom stereocenters. The van der Waals surface area contributed by atoms with Crippen LogP contribution in [0.2, 0.25) is 0 Å². The number of hydrogen-bond acceptors (Lipinski definition) is 4. The Bertz CT molecular complexity index is 867. The summed E-state index contributed by atoms with van der Waals surface area (Å²) in [6, 6.07) is 16.5. The van der Waals surface area contributed by atoms with E-state index in [0.29, 0.717) is 24.6 Å². The summed E-state index contributed by atoms with van der Waals surface area (Å²) in [4.78, 5) is 16.2. The van der Waals surface area contributed by atoms with E-state index in [1.807, 2.05) is 42.5 Å². The lowest BCUT2D eigenvalue weighted by atomic mass is 10.2. The predicted molar refractivity (Wildman–Crippen MR) is 97.3 cm³/mol. The number of carbonyl (C=O) groups excluding carboxylic acids is 1. The molecule has 3 rings (SSSR count). The highest BCUT2D eigenvalue weighted by molar-refractivity contribution is 5.90. The van der Waals surface area contributed by atoms with Crippen molar-refractivity contribution in [2.45, 2.75) is 0 Å². The second-order valence-corrected chi connectivity index (χ2v) is 5.29. The minimum Gasteiger partial charge on any atom is -0.495 e. The molecule has 0 saturated carbocycles. The maximum absolute atomic E-state index is 11.9. The van der Waals surface area contributed by atoms with Gasteiger partial charge in [-0.05, 0) is 36.4 Å². The van der Waals surface area contributed by atoms with E-state index in [-0.39, 0.29) is 6.03 Å². The summed E-state index contributed by atoms with van der Waals surface area (Å²) in [5, 5.41) is 6.51. The number of benzene rings is 2. The number of hydrogen-bond donors (Lipinski definition) is 2. The third kappa shape index (κ3) is 4.38. The van der Waals surface area contributed by atoms with Crippen LogP contribution in [0.25, 0.3) is 10.9 Å². The Balaban J connectivity index is 1.46. The fraction of sp³-hybridized carbons (Fsp3) is 0.158. The first-order valence-corrected chi connectivity index (χ1v) is 7.92. The monoisotopic (exact) mass is 337 g/mol. The summed E-state index contributed by atoms with van der Waals surface area (Å²) in [6.45, 7) is 0.747. The van der Waals surface area contributed by atoms with E-state index >= 15 is 0 Å². The van der Waals surface area contributed by atoms with Gasteiger partial charge in [0.05, 0.1) is 24.9 Å². The van der Waals surface area contributed by atoms with Crippen LogP contribution in [0.4, 0.5) is 10.5 Å². The molecule has 1 aromatic heterocycles. The Morgan fingerprint density at radius 2 is 2.00 bits per heavy atom. The normalized spacial score (nSPS) is 10.3.